The maximum absolute atomic E-state index is 10.1. The summed E-state index contributed by atoms with van der Waals surface area (Å²) in [4.78, 5) is 0. The van der Waals surface area contributed by atoms with E-state index in [4.69, 9.17) is 0 Å². The zero-order chi connectivity index (χ0) is 30.6. The van der Waals surface area contributed by atoms with Gasteiger partial charge in [0.15, 0.2) is 0 Å². The average Bonchev–Trinajstić information content (AvgIpc) is 2.88. The lowest BCUT2D eigenvalue weighted by atomic mass is 9.71. The lowest BCUT2D eigenvalue weighted by molar-refractivity contribution is 0.116. The van der Waals surface area contributed by atoms with Gasteiger partial charge in [-0.2, -0.15) is 0 Å². The highest BCUT2D eigenvalue weighted by Crippen LogP contribution is 2.41. The summed E-state index contributed by atoms with van der Waals surface area (Å²) >= 11 is 0. The quantitative estimate of drug-likeness (QED) is 0.288. The molecule has 1 nitrogen and oxygen atoms in total. The molecule has 0 spiro atoms. The van der Waals surface area contributed by atoms with E-state index in [2.05, 4.69) is 166 Å². The monoisotopic (exact) mass is 548 g/mol. The van der Waals surface area contributed by atoms with Crippen molar-refractivity contribution in [3.8, 4) is 0 Å². The van der Waals surface area contributed by atoms with Crippen molar-refractivity contribution in [1.29, 1.82) is 0 Å². The minimum absolute atomic E-state index is 0.0100. The maximum Gasteiger partial charge on any atom is 0.0585 e. The molecule has 1 aliphatic rings. The molecule has 0 radical (unpaired) electrons. The molecule has 0 aromatic heterocycles. The molecule has 1 aromatic carbocycles. The van der Waals surface area contributed by atoms with Crippen LogP contribution < -0.4 is 0 Å². The molecule has 1 aromatic rings. The van der Waals surface area contributed by atoms with Crippen molar-refractivity contribution in [3.05, 3.63) is 147 Å². The molecule has 0 bridgehead atoms. The number of aliphatic hydroxyl groups is 1. The average molecular weight is 549 g/mol. The first-order valence-corrected chi connectivity index (χ1v) is 14.8. The van der Waals surface area contributed by atoms with E-state index in [-0.39, 0.29) is 11.5 Å². The van der Waals surface area contributed by atoms with Crippen LogP contribution in [0.15, 0.2) is 125 Å². The van der Waals surface area contributed by atoms with Crippen molar-refractivity contribution in [3.63, 3.8) is 0 Å². The minimum Gasteiger partial charge on any atom is -0.393 e. The van der Waals surface area contributed by atoms with Gasteiger partial charge in [-0.25, -0.2) is 0 Å². The molecular weight excluding hydrogens is 496 g/mol. The Hall–Kier alpha value is -3.42. The second-order valence-electron chi connectivity index (χ2n) is 12.3. The molecule has 0 amide bonds. The third-order valence-corrected chi connectivity index (χ3v) is 7.88. The SMILES string of the molecule is CC(C=CC=C(C)C=CC1=C(C)C[C@@H](O)CC1(C)C)=CC=CC=C(C)C=CC=C(C)C=Cc1ccc(C)c(C)c1C. The fraction of sp³-hybridized carbons (Fsp3) is 0.350. The predicted molar refractivity (Wildman–Crippen MR) is 183 cm³/mol. The Morgan fingerprint density at radius 3 is 1.71 bits per heavy atom. The van der Waals surface area contributed by atoms with Gasteiger partial charge in [-0.1, -0.05) is 139 Å². The first-order valence-electron chi connectivity index (χ1n) is 14.8. The van der Waals surface area contributed by atoms with E-state index in [0.717, 1.165) is 12.8 Å². The van der Waals surface area contributed by atoms with E-state index >= 15 is 0 Å². The van der Waals surface area contributed by atoms with Crippen molar-refractivity contribution in [2.45, 2.75) is 88.2 Å². The number of hydrogen-bond donors (Lipinski definition) is 1. The summed E-state index contributed by atoms with van der Waals surface area (Å²) in [7, 11) is 0. The minimum atomic E-state index is -0.223. The van der Waals surface area contributed by atoms with Crippen LogP contribution in [0.4, 0.5) is 0 Å². The third-order valence-electron chi connectivity index (χ3n) is 7.88. The Balaban J connectivity index is 1.90. The van der Waals surface area contributed by atoms with E-state index in [1.807, 2.05) is 0 Å². The van der Waals surface area contributed by atoms with Gasteiger partial charge in [0.2, 0.25) is 0 Å². The van der Waals surface area contributed by atoms with Gasteiger partial charge in [0, 0.05) is 0 Å². The molecule has 0 saturated carbocycles. The second kappa shape index (κ2) is 16.1. The third kappa shape index (κ3) is 11.5. The van der Waals surface area contributed by atoms with Crippen LogP contribution in [0, 0.1) is 26.2 Å². The molecule has 0 heterocycles. The number of aryl methyl sites for hydroxylation is 1. The van der Waals surface area contributed by atoms with E-state index in [9.17, 15) is 5.11 Å². The van der Waals surface area contributed by atoms with Crippen molar-refractivity contribution in [1.82, 2.24) is 0 Å². The van der Waals surface area contributed by atoms with Crippen LogP contribution in [0.5, 0.6) is 0 Å². The molecule has 0 aliphatic heterocycles. The van der Waals surface area contributed by atoms with Gasteiger partial charge in [-0.3, -0.25) is 0 Å². The maximum atomic E-state index is 10.1. The highest BCUT2D eigenvalue weighted by Gasteiger charge is 2.31. The van der Waals surface area contributed by atoms with Gasteiger partial charge in [0.1, 0.15) is 0 Å². The number of aliphatic hydroxyl groups excluding tert-OH is 1. The first-order chi connectivity index (χ1) is 19.3. The lowest BCUT2D eigenvalue weighted by Gasteiger charge is -2.35. The summed E-state index contributed by atoms with van der Waals surface area (Å²) in [6.07, 6.45) is 31.3. The Morgan fingerprint density at radius 1 is 0.683 bits per heavy atom. The van der Waals surface area contributed by atoms with Crippen molar-refractivity contribution in [2.75, 3.05) is 0 Å². The standard InChI is InChI=1S/C40H52O/c1-29(17-13-19-31(3)21-24-37-25-23-33(5)35(7)36(37)8)15-11-12-16-30(2)18-14-20-32(4)22-26-39-34(6)27-38(41)28-40(39,9)10/h11-26,38,41H,27-28H2,1-10H3/t38-/m1/s1. The molecule has 1 atom stereocenters. The summed E-state index contributed by atoms with van der Waals surface area (Å²) in [5.41, 5.74) is 12.8. The normalized spacial score (nSPS) is 19.8. The molecule has 2 rings (SSSR count). The summed E-state index contributed by atoms with van der Waals surface area (Å²) in [6, 6.07) is 4.39. The molecule has 218 valence electrons. The van der Waals surface area contributed by atoms with Crippen LogP contribution in [0.25, 0.3) is 6.08 Å². The zero-order valence-corrected chi connectivity index (χ0v) is 27.2. The summed E-state index contributed by atoms with van der Waals surface area (Å²) in [5, 5.41) is 10.1. The van der Waals surface area contributed by atoms with Crippen LogP contribution in [-0.2, 0) is 0 Å². The zero-order valence-electron chi connectivity index (χ0n) is 27.2. The molecule has 41 heavy (non-hydrogen) atoms. The van der Waals surface area contributed by atoms with E-state index in [0.29, 0.717) is 0 Å². The Labute approximate surface area is 251 Å². The van der Waals surface area contributed by atoms with Crippen molar-refractivity contribution < 1.29 is 5.11 Å². The smallest absolute Gasteiger partial charge is 0.0585 e. The number of rotatable bonds is 10. The summed E-state index contributed by atoms with van der Waals surface area (Å²) in [6.45, 7) is 21.6. The largest absolute Gasteiger partial charge is 0.393 e. The highest BCUT2D eigenvalue weighted by atomic mass is 16.3. The van der Waals surface area contributed by atoms with Crippen LogP contribution in [0.3, 0.4) is 0 Å². The second-order valence-corrected chi connectivity index (χ2v) is 12.3. The summed E-state index contributed by atoms with van der Waals surface area (Å²) in [5.74, 6) is 0. The first kappa shape index (κ1) is 33.8. The van der Waals surface area contributed by atoms with Gasteiger partial charge < -0.3 is 5.11 Å². The van der Waals surface area contributed by atoms with Gasteiger partial charge in [0.25, 0.3) is 0 Å². The Morgan fingerprint density at radius 2 is 1.17 bits per heavy atom. The van der Waals surface area contributed by atoms with Crippen LogP contribution in [-0.4, -0.2) is 11.2 Å². The number of benzene rings is 1. The molecule has 1 aliphatic carbocycles. The lowest BCUT2D eigenvalue weighted by Crippen LogP contribution is -2.28. The highest BCUT2D eigenvalue weighted by molar-refractivity contribution is 5.59. The topological polar surface area (TPSA) is 20.2 Å². The predicted octanol–water partition coefficient (Wildman–Crippen LogP) is 11.1. The van der Waals surface area contributed by atoms with E-state index < -0.39 is 0 Å². The van der Waals surface area contributed by atoms with Gasteiger partial charge in [-0.05, 0) is 101 Å². The molecular formula is C40H52O. The molecule has 1 N–H and O–H groups in total. The van der Waals surface area contributed by atoms with E-state index in [1.54, 1.807) is 0 Å². The van der Waals surface area contributed by atoms with Crippen LogP contribution in [0.1, 0.15) is 83.6 Å². The number of allylic oxidation sites excluding steroid dienone is 18. The van der Waals surface area contributed by atoms with Gasteiger partial charge >= 0.3 is 0 Å². The van der Waals surface area contributed by atoms with Gasteiger partial charge in [-0.15, -0.1) is 0 Å². The summed E-state index contributed by atoms with van der Waals surface area (Å²) < 4.78 is 0. The van der Waals surface area contributed by atoms with Crippen molar-refractivity contribution in [2.24, 2.45) is 5.41 Å². The molecule has 0 unspecified atom stereocenters. The Kier molecular flexibility index (Phi) is 13.3. The van der Waals surface area contributed by atoms with E-state index in [1.165, 1.54) is 55.7 Å². The fourth-order valence-corrected chi connectivity index (χ4v) is 5.11. The number of hydrogen-bond acceptors (Lipinski definition) is 1. The van der Waals surface area contributed by atoms with Gasteiger partial charge in [0.05, 0.1) is 6.10 Å². The van der Waals surface area contributed by atoms with Crippen molar-refractivity contribution >= 4 is 6.08 Å². The molecule has 1 heteroatoms. The van der Waals surface area contributed by atoms with Crippen LogP contribution >= 0.6 is 0 Å². The molecule has 0 fully saturated rings. The molecule has 0 saturated heterocycles. The fourth-order valence-electron chi connectivity index (χ4n) is 5.11. The van der Waals surface area contributed by atoms with Crippen LogP contribution in [0.2, 0.25) is 0 Å². The Bertz CT molecular complexity index is 1370.